The van der Waals surface area contributed by atoms with Gasteiger partial charge in [0.15, 0.2) is 11.5 Å². The minimum absolute atomic E-state index is 0.462. The summed E-state index contributed by atoms with van der Waals surface area (Å²) < 4.78 is 12.6. The van der Waals surface area contributed by atoms with Crippen molar-refractivity contribution in [1.82, 2.24) is 0 Å². The molecule has 0 amide bonds. The summed E-state index contributed by atoms with van der Waals surface area (Å²) in [6.07, 6.45) is 28.8. The van der Waals surface area contributed by atoms with Gasteiger partial charge in [-0.05, 0) is 70.5 Å². The molecule has 0 fully saturated rings. The zero-order chi connectivity index (χ0) is 29.8. The third-order valence-corrected chi connectivity index (χ3v) is 8.43. The second-order valence-electron chi connectivity index (χ2n) is 12.2. The van der Waals surface area contributed by atoms with Crippen molar-refractivity contribution in [2.75, 3.05) is 13.2 Å². The van der Waals surface area contributed by atoms with Crippen LogP contribution in [0.3, 0.4) is 0 Å². The Balaban J connectivity index is 1.51. The number of benzene rings is 2. The minimum atomic E-state index is -0.462. The predicted molar refractivity (Wildman–Crippen MR) is 177 cm³/mol. The molecular formula is C38H56O4. The Bertz CT molecular complexity index is 1120. The van der Waals surface area contributed by atoms with Crippen molar-refractivity contribution in [3.8, 4) is 11.5 Å². The summed E-state index contributed by atoms with van der Waals surface area (Å²) in [4.78, 5) is 23.9. The van der Waals surface area contributed by atoms with Crippen molar-refractivity contribution in [2.45, 2.75) is 142 Å². The van der Waals surface area contributed by atoms with Crippen molar-refractivity contribution in [2.24, 2.45) is 0 Å². The summed E-state index contributed by atoms with van der Waals surface area (Å²) in [5.74, 6) is 0.617. The Morgan fingerprint density at radius 2 is 0.738 bits per heavy atom. The van der Waals surface area contributed by atoms with Gasteiger partial charge in [-0.25, -0.2) is 0 Å². The number of hydrogen-bond donors (Lipinski definition) is 0. The topological polar surface area (TPSA) is 52.6 Å². The SMILES string of the molecule is CCCCCCCCCCCCOc1cc2cc3c(cc2cc1OCCCCCCCCCCCC)=CC(=O)C(=O)C=3. The molecule has 0 aromatic heterocycles. The van der Waals surface area contributed by atoms with E-state index in [0.717, 1.165) is 45.6 Å². The Hall–Kier alpha value is -2.62. The molecular weight excluding hydrogens is 520 g/mol. The van der Waals surface area contributed by atoms with Crippen LogP contribution in [0.5, 0.6) is 11.5 Å². The number of Topliss-reactive ketones (excluding diaryl/α,β-unsaturated/α-hetero) is 2. The number of carbonyl (C=O) groups excluding carboxylic acids is 2. The summed E-state index contributed by atoms with van der Waals surface area (Å²) in [5.41, 5.74) is 0. The van der Waals surface area contributed by atoms with Gasteiger partial charge in [-0.1, -0.05) is 129 Å². The maximum Gasteiger partial charge on any atom is 0.226 e. The smallest absolute Gasteiger partial charge is 0.226 e. The highest BCUT2D eigenvalue weighted by molar-refractivity contribution is 6.57. The molecule has 0 unspecified atom stereocenters. The molecule has 0 atom stereocenters. The van der Waals surface area contributed by atoms with Crippen LogP contribution in [0.4, 0.5) is 0 Å². The summed E-state index contributed by atoms with van der Waals surface area (Å²) in [6, 6.07) is 8.03. The van der Waals surface area contributed by atoms with Crippen molar-refractivity contribution in [3.63, 3.8) is 0 Å². The highest BCUT2D eigenvalue weighted by Crippen LogP contribution is 2.32. The van der Waals surface area contributed by atoms with Crippen LogP contribution < -0.4 is 19.9 Å². The van der Waals surface area contributed by atoms with Crippen molar-refractivity contribution in [1.29, 1.82) is 0 Å². The highest BCUT2D eigenvalue weighted by atomic mass is 16.5. The molecule has 0 spiro atoms. The highest BCUT2D eigenvalue weighted by Gasteiger charge is 2.14. The molecule has 0 heterocycles. The Morgan fingerprint density at radius 1 is 0.429 bits per heavy atom. The van der Waals surface area contributed by atoms with Crippen LogP contribution in [0.1, 0.15) is 142 Å². The van der Waals surface area contributed by atoms with Gasteiger partial charge in [-0.15, -0.1) is 0 Å². The quantitative estimate of drug-likeness (QED) is 0.0923. The number of ketones is 2. The molecule has 1 aliphatic rings. The van der Waals surface area contributed by atoms with Crippen LogP contribution in [0, 0.1) is 0 Å². The lowest BCUT2D eigenvalue weighted by atomic mass is 10.0. The molecule has 0 aliphatic heterocycles. The average molecular weight is 577 g/mol. The van der Waals surface area contributed by atoms with Crippen molar-refractivity contribution in [3.05, 3.63) is 34.7 Å². The van der Waals surface area contributed by atoms with E-state index in [4.69, 9.17) is 9.47 Å². The maximum absolute atomic E-state index is 11.9. The molecule has 0 bridgehead atoms. The third-order valence-electron chi connectivity index (χ3n) is 8.43. The van der Waals surface area contributed by atoms with Crippen LogP contribution in [0.15, 0.2) is 24.3 Å². The van der Waals surface area contributed by atoms with Gasteiger partial charge in [-0.3, -0.25) is 9.59 Å². The minimum Gasteiger partial charge on any atom is -0.490 e. The fourth-order valence-corrected chi connectivity index (χ4v) is 5.79. The van der Waals surface area contributed by atoms with E-state index >= 15 is 0 Å². The van der Waals surface area contributed by atoms with Crippen LogP contribution >= 0.6 is 0 Å². The standard InChI is InChI=1S/C38H56O4/c1-3-5-7-9-11-13-15-17-19-21-23-41-37-29-33-25-31-27-35(39)36(40)28-32(31)26-34(33)30-38(37)42-24-22-20-18-16-14-12-10-8-6-4-2/h25-30H,3-24H2,1-2H3. The second-order valence-corrected chi connectivity index (χ2v) is 12.2. The normalized spacial score (nSPS) is 12.7. The van der Waals surface area contributed by atoms with E-state index in [0.29, 0.717) is 13.2 Å². The molecule has 0 N–H and O–H groups in total. The van der Waals surface area contributed by atoms with E-state index in [1.807, 2.05) is 24.3 Å². The Kier molecular flexibility index (Phi) is 16.4. The molecule has 0 saturated heterocycles. The lowest BCUT2D eigenvalue weighted by Crippen LogP contribution is -2.33. The summed E-state index contributed by atoms with van der Waals surface area (Å²) in [6.45, 7) is 5.88. The number of rotatable bonds is 24. The molecule has 2 aromatic carbocycles. The van der Waals surface area contributed by atoms with Gasteiger partial charge in [0.2, 0.25) is 11.6 Å². The van der Waals surface area contributed by atoms with Gasteiger partial charge in [0, 0.05) is 0 Å². The predicted octanol–water partition coefficient (Wildman–Crippen LogP) is 9.15. The fraction of sp³-hybridized carbons (Fsp3) is 0.632. The van der Waals surface area contributed by atoms with E-state index in [1.165, 1.54) is 128 Å². The lowest BCUT2D eigenvalue weighted by Gasteiger charge is -2.15. The largest absolute Gasteiger partial charge is 0.490 e. The van der Waals surface area contributed by atoms with Gasteiger partial charge >= 0.3 is 0 Å². The monoisotopic (exact) mass is 576 g/mol. The molecule has 3 rings (SSSR count). The molecule has 0 radical (unpaired) electrons. The Labute approximate surface area is 254 Å². The number of fused-ring (bicyclic) bond motifs is 2. The first-order chi connectivity index (χ1) is 20.6. The number of hydrogen-bond acceptors (Lipinski definition) is 4. The molecule has 4 heteroatoms. The van der Waals surface area contributed by atoms with Gasteiger partial charge in [0.05, 0.1) is 13.2 Å². The van der Waals surface area contributed by atoms with E-state index in [2.05, 4.69) is 13.8 Å². The first-order valence-electron chi connectivity index (χ1n) is 17.3. The summed E-state index contributed by atoms with van der Waals surface area (Å²) >= 11 is 0. The molecule has 4 nitrogen and oxygen atoms in total. The average Bonchev–Trinajstić information content (AvgIpc) is 2.98. The van der Waals surface area contributed by atoms with Crippen LogP contribution in [-0.4, -0.2) is 24.8 Å². The van der Waals surface area contributed by atoms with E-state index in [9.17, 15) is 9.59 Å². The number of carbonyl (C=O) groups is 2. The molecule has 232 valence electrons. The first kappa shape index (κ1) is 33.9. The van der Waals surface area contributed by atoms with Gasteiger partial charge < -0.3 is 9.47 Å². The number of unbranched alkanes of at least 4 members (excludes halogenated alkanes) is 18. The molecule has 2 aromatic rings. The van der Waals surface area contributed by atoms with Crippen molar-refractivity contribution >= 4 is 34.5 Å². The van der Waals surface area contributed by atoms with Crippen LogP contribution in [0.2, 0.25) is 0 Å². The third kappa shape index (κ3) is 12.3. The first-order valence-corrected chi connectivity index (χ1v) is 17.3. The summed E-state index contributed by atoms with van der Waals surface area (Å²) in [5, 5.41) is 3.55. The summed E-state index contributed by atoms with van der Waals surface area (Å²) in [7, 11) is 0. The second kappa shape index (κ2) is 20.3. The zero-order valence-corrected chi connectivity index (χ0v) is 26.7. The van der Waals surface area contributed by atoms with E-state index in [1.54, 1.807) is 0 Å². The fourth-order valence-electron chi connectivity index (χ4n) is 5.79. The maximum atomic E-state index is 11.9. The van der Waals surface area contributed by atoms with Gasteiger partial charge in [0.1, 0.15) is 0 Å². The van der Waals surface area contributed by atoms with E-state index < -0.39 is 11.6 Å². The lowest BCUT2D eigenvalue weighted by molar-refractivity contribution is -0.129. The van der Waals surface area contributed by atoms with Gasteiger partial charge in [0.25, 0.3) is 0 Å². The molecule has 42 heavy (non-hydrogen) atoms. The van der Waals surface area contributed by atoms with E-state index in [-0.39, 0.29) is 0 Å². The molecule has 1 aliphatic carbocycles. The van der Waals surface area contributed by atoms with Gasteiger partial charge in [-0.2, -0.15) is 0 Å². The number of ether oxygens (including phenoxy) is 2. The van der Waals surface area contributed by atoms with Crippen LogP contribution in [0.25, 0.3) is 22.9 Å². The van der Waals surface area contributed by atoms with Crippen LogP contribution in [-0.2, 0) is 9.59 Å². The Morgan fingerprint density at radius 3 is 1.07 bits per heavy atom. The van der Waals surface area contributed by atoms with Crippen molar-refractivity contribution < 1.29 is 19.1 Å². The zero-order valence-electron chi connectivity index (χ0n) is 26.7. The molecule has 0 saturated carbocycles.